The first kappa shape index (κ1) is 19.9. The zero-order valence-electron chi connectivity index (χ0n) is 17.9. The van der Waals surface area contributed by atoms with Crippen LogP contribution in [0.1, 0.15) is 0 Å². The zero-order valence-corrected chi connectivity index (χ0v) is 17.9. The summed E-state index contributed by atoms with van der Waals surface area (Å²) in [7, 11) is 1.50. The number of halogens is 1. The van der Waals surface area contributed by atoms with Crippen LogP contribution in [0.15, 0.2) is 67.0 Å². The molecule has 0 fully saturated rings. The number of nitrogens with zero attached hydrogens (tertiary/aromatic N) is 4. The maximum atomic E-state index is 14.2. The summed E-state index contributed by atoms with van der Waals surface area (Å²) in [5, 5.41) is 17.2. The number of aromatic hydroxyl groups is 1. The van der Waals surface area contributed by atoms with Gasteiger partial charge in [0.2, 0.25) is 0 Å². The summed E-state index contributed by atoms with van der Waals surface area (Å²) in [5.41, 5.74) is 6.10. The molecule has 0 atom stereocenters. The Bertz CT molecular complexity index is 1690. The van der Waals surface area contributed by atoms with Crippen molar-refractivity contribution in [1.82, 2.24) is 30.1 Å². The summed E-state index contributed by atoms with van der Waals surface area (Å²) < 4.78 is 19.4. The largest absolute Gasteiger partial charge is 0.506 e. The van der Waals surface area contributed by atoms with Crippen molar-refractivity contribution >= 4 is 22.1 Å². The first-order valence-corrected chi connectivity index (χ1v) is 10.4. The minimum atomic E-state index is -0.390. The van der Waals surface area contributed by atoms with Crippen molar-refractivity contribution in [3.8, 4) is 45.4 Å². The van der Waals surface area contributed by atoms with Gasteiger partial charge in [0.25, 0.3) is 0 Å². The number of hydrogen-bond donors (Lipinski definition) is 3. The van der Waals surface area contributed by atoms with Gasteiger partial charge in [0, 0.05) is 23.4 Å². The first-order valence-electron chi connectivity index (χ1n) is 10.4. The number of aromatic amines is 2. The predicted octanol–water partition coefficient (Wildman–Crippen LogP) is 5.08. The highest BCUT2D eigenvalue weighted by Crippen LogP contribution is 2.33. The van der Waals surface area contributed by atoms with Gasteiger partial charge < -0.3 is 14.8 Å². The number of para-hydroxylation sites is 1. The molecule has 0 spiro atoms. The molecule has 0 aliphatic heterocycles. The van der Waals surface area contributed by atoms with Crippen molar-refractivity contribution in [1.29, 1.82) is 0 Å². The molecule has 0 saturated heterocycles. The number of benzene rings is 2. The normalized spacial score (nSPS) is 11.4. The van der Waals surface area contributed by atoms with Gasteiger partial charge in [0.15, 0.2) is 11.5 Å². The van der Waals surface area contributed by atoms with Gasteiger partial charge in [-0.1, -0.05) is 12.1 Å². The van der Waals surface area contributed by atoms with Crippen molar-refractivity contribution in [2.45, 2.75) is 0 Å². The second-order valence-electron chi connectivity index (χ2n) is 7.76. The van der Waals surface area contributed by atoms with Gasteiger partial charge in [0.1, 0.15) is 22.8 Å². The SMILES string of the molecule is COc1cc(F)cc(-c2cccc3[nH]c(-c4n[nH]c5ccc(-c6cncc(O)c6)nc45)nc23)c1. The Morgan fingerprint density at radius 2 is 1.82 bits per heavy atom. The van der Waals surface area contributed by atoms with Crippen LogP contribution in [0, 0.1) is 5.82 Å². The van der Waals surface area contributed by atoms with Gasteiger partial charge in [-0.05, 0) is 42.0 Å². The second-order valence-corrected chi connectivity index (χ2v) is 7.76. The fourth-order valence-electron chi connectivity index (χ4n) is 4.01. The average Bonchev–Trinajstić information content (AvgIpc) is 3.47. The topological polar surface area (TPSA) is 113 Å². The van der Waals surface area contributed by atoms with Crippen LogP contribution >= 0.6 is 0 Å². The summed E-state index contributed by atoms with van der Waals surface area (Å²) in [5.74, 6) is 0.624. The molecular weight excluding hydrogens is 435 g/mol. The van der Waals surface area contributed by atoms with E-state index < -0.39 is 5.82 Å². The van der Waals surface area contributed by atoms with Gasteiger partial charge in [0.05, 0.1) is 35.6 Å². The number of methoxy groups -OCH3 is 1. The van der Waals surface area contributed by atoms with E-state index in [1.807, 2.05) is 30.3 Å². The Labute approximate surface area is 192 Å². The summed E-state index contributed by atoms with van der Waals surface area (Å²) in [4.78, 5) is 16.9. The lowest BCUT2D eigenvalue weighted by Crippen LogP contribution is -1.88. The van der Waals surface area contributed by atoms with Crippen LogP contribution < -0.4 is 4.74 Å². The summed E-state index contributed by atoms with van der Waals surface area (Å²) in [6.07, 6.45) is 3.00. The quantitative estimate of drug-likeness (QED) is 0.344. The molecule has 6 rings (SSSR count). The molecule has 6 aromatic rings. The van der Waals surface area contributed by atoms with Crippen molar-refractivity contribution in [2.75, 3.05) is 7.11 Å². The minimum absolute atomic E-state index is 0.0607. The lowest BCUT2D eigenvalue weighted by Gasteiger charge is -2.06. The Morgan fingerprint density at radius 1 is 0.912 bits per heavy atom. The molecular formula is C25H17FN6O2. The Balaban J connectivity index is 1.50. The van der Waals surface area contributed by atoms with Gasteiger partial charge in [-0.2, -0.15) is 5.10 Å². The van der Waals surface area contributed by atoms with Crippen LogP contribution in [-0.4, -0.2) is 42.3 Å². The Morgan fingerprint density at radius 3 is 2.68 bits per heavy atom. The highest BCUT2D eigenvalue weighted by molar-refractivity contribution is 5.96. The third-order valence-corrected chi connectivity index (χ3v) is 5.58. The third-order valence-electron chi connectivity index (χ3n) is 5.58. The molecule has 4 heterocycles. The number of imidazole rings is 1. The van der Waals surface area contributed by atoms with E-state index in [0.717, 1.165) is 16.6 Å². The van der Waals surface area contributed by atoms with E-state index in [4.69, 9.17) is 14.7 Å². The molecule has 3 N–H and O–H groups in total. The van der Waals surface area contributed by atoms with Gasteiger partial charge in [-0.15, -0.1) is 0 Å². The molecule has 0 saturated carbocycles. The smallest absolute Gasteiger partial charge is 0.161 e. The average molecular weight is 452 g/mol. The van der Waals surface area contributed by atoms with Gasteiger partial charge in [-0.3, -0.25) is 10.1 Å². The fourth-order valence-corrected chi connectivity index (χ4v) is 4.01. The van der Waals surface area contributed by atoms with E-state index in [1.165, 1.54) is 25.4 Å². The summed E-state index contributed by atoms with van der Waals surface area (Å²) in [6, 6.07) is 15.5. The van der Waals surface area contributed by atoms with Crippen LogP contribution in [0.4, 0.5) is 4.39 Å². The second kappa shape index (κ2) is 7.66. The van der Waals surface area contributed by atoms with E-state index in [9.17, 15) is 9.50 Å². The summed E-state index contributed by atoms with van der Waals surface area (Å²) in [6.45, 7) is 0. The molecule has 0 unspecified atom stereocenters. The lowest BCUT2D eigenvalue weighted by atomic mass is 10.0. The van der Waals surface area contributed by atoms with Crippen molar-refractivity contribution in [3.63, 3.8) is 0 Å². The molecule has 4 aromatic heterocycles. The molecule has 166 valence electrons. The highest BCUT2D eigenvalue weighted by atomic mass is 19.1. The van der Waals surface area contributed by atoms with E-state index in [-0.39, 0.29) is 5.75 Å². The predicted molar refractivity (Wildman–Crippen MR) is 126 cm³/mol. The summed E-state index contributed by atoms with van der Waals surface area (Å²) >= 11 is 0. The molecule has 0 bridgehead atoms. The molecule has 8 nitrogen and oxygen atoms in total. The first-order chi connectivity index (χ1) is 16.6. The van der Waals surface area contributed by atoms with Crippen LogP contribution in [-0.2, 0) is 0 Å². The molecule has 0 amide bonds. The molecule has 0 radical (unpaired) electrons. The number of hydrogen-bond acceptors (Lipinski definition) is 6. The number of ether oxygens (including phenoxy) is 1. The van der Waals surface area contributed by atoms with E-state index in [1.54, 1.807) is 18.3 Å². The fraction of sp³-hybridized carbons (Fsp3) is 0.0400. The number of nitrogens with one attached hydrogen (secondary N) is 2. The number of aromatic nitrogens is 6. The zero-order chi connectivity index (χ0) is 23.2. The van der Waals surface area contributed by atoms with Crippen molar-refractivity contribution < 1.29 is 14.2 Å². The monoisotopic (exact) mass is 452 g/mol. The van der Waals surface area contributed by atoms with Crippen LogP contribution in [0.5, 0.6) is 11.5 Å². The Kier molecular flexibility index (Phi) is 4.48. The van der Waals surface area contributed by atoms with E-state index in [0.29, 0.717) is 45.1 Å². The molecule has 2 aromatic carbocycles. The van der Waals surface area contributed by atoms with Crippen molar-refractivity contribution in [3.05, 3.63) is 72.8 Å². The van der Waals surface area contributed by atoms with Gasteiger partial charge in [-0.25, -0.2) is 14.4 Å². The number of H-pyrrole nitrogens is 2. The maximum Gasteiger partial charge on any atom is 0.161 e. The highest BCUT2D eigenvalue weighted by Gasteiger charge is 2.17. The molecule has 0 aliphatic carbocycles. The standard InChI is InChI=1S/C25H17FN6O2/c1-34-17-9-13(7-15(26)10-17)18-3-2-4-20-22(18)30-25(29-20)24-23-21(31-32-24)6-5-19(28-23)14-8-16(33)12-27-11-14/h2-12,33H,1H3,(H,29,30)(H,31,32). The van der Waals surface area contributed by atoms with Crippen LogP contribution in [0.25, 0.3) is 56.0 Å². The van der Waals surface area contributed by atoms with Crippen molar-refractivity contribution in [2.24, 2.45) is 0 Å². The number of fused-ring (bicyclic) bond motifs is 2. The molecule has 0 aliphatic rings. The minimum Gasteiger partial charge on any atom is -0.506 e. The molecule has 9 heteroatoms. The third kappa shape index (κ3) is 3.30. The molecule has 34 heavy (non-hydrogen) atoms. The lowest BCUT2D eigenvalue weighted by molar-refractivity contribution is 0.411. The van der Waals surface area contributed by atoms with E-state index >= 15 is 0 Å². The van der Waals surface area contributed by atoms with Gasteiger partial charge >= 0.3 is 0 Å². The Hall–Kier alpha value is -4.79. The number of pyridine rings is 2. The number of rotatable bonds is 4. The van der Waals surface area contributed by atoms with E-state index in [2.05, 4.69) is 20.2 Å². The van der Waals surface area contributed by atoms with Crippen LogP contribution in [0.2, 0.25) is 0 Å². The van der Waals surface area contributed by atoms with Crippen LogP contribution in [0.3, 0.4) is 0 Å². The maximum absolute atomic E-state index is 14.2.